The summed E-state index contributed by atoms with van der Waals surface area (Å²) in [4.78, 5) is 0. The number of para-hydroxylation sites is 2. The fraction of sp³-hybridized carbons (Fsp3) is 0.225. The van der Waals surface area contributed by atoms with Gasteiger partial charge in [0.05, 0.1) is 7.05 Å². The van der Waals surface area contributed by atoms with E-state index in [0.717, 1.165) is 44.3 Å². The highest BCUT2D eigenvalue weighted by Crippen LogP contribution is 2.43. The molecule has 0 saturated carbocycles. The van der Waals surface area contributed by atoms with Gasteiger partial charge in [0.1, 0.15) is 16.8 Å². The second-order valence-corrected chi connectivity index (χ2v) is 12.3. The van der Waals surface area contributed by atoms with E-state index < -0.39 is 6.85 Å². The van der Waals surface area contributed by atoms with E-state index in [9.17, 15) is 0 Å². The number of furan rings is 1. The Labute approximate surface area is 258 Å². The average Bonchev–Trinajstić information content (AvgIpc) is 3.54. The fourth-order valence-electron chi connectivity index (χ4n) is 6.65. The molecule has 0 fully saturated rings. The minimum atomic E-state index is -2.21. The zero-order valence-corrected chi connectivity index (χ0v) is 25.7. The summed E-state index contributed by atoms with van der Waals surface area (Å²) in [6.07, 6.45) is 0. The summed E-state index contributed by atoms with van der Waals surface area (Å²) in [6.45, 7) is 9.02. The lowest BCUT2D eigenvalue weighted by Gasteiger charge is -2.21. The molecular weight excluding hydrogens is 524 g/mol. The first-order valence-corrected chi connectivity index (χ1v) is 15.2. The number of aromatic nitrogens is 2. The van der Waals surface area contributed by atoms with Crippen LogP contribution in [-0.2, 0) is 7.05 Å². The summed E-state index contributed by atoms with van der Waals surface area (Å²) in [5, 5.41) is 1.88. The molecule has 214 valence electrons. The van der Waals surface area contributed by atoms with Gasteiger partial charge < -0.3 is 4.42 Å². The second kappa shape index (κ2) is 10.3. The molecule has 0 aliphatic rings. The highest BCUT2D eigenvalue weighted by Gasteiger charge is 2.33. The molecule has 2 heterocycles. The Bertz CT molecular complexity index is 2240. The summed E-state index contributed by atoms with van der Waals surface area (Å²) in [7, 11) is 2.13. The normalized spacial score (nSPS) is 13.3. The molecule has 0 aliphatic heterocycles. The number of rotatable bonds is 5. The van der Waals surface area contributed by atoms with Crippen molar-refractivity contribution in [1.29, 1.82) is 0 Å². The van der Waals surface area contributed by atoms with Crippen molar-refractivity contribution >= 4 is 33.0 Å². The number of nitrogens with zero attached hydrogens (tertiary/aromatic N) is 2. The van der Waals surface area contributed by atoms with E-state index in [1.165, 1.54) is 27.9 Å². The quantitative estimate of drug-likeness (QED) is 0.190. The predicted octanol–water partition coefficient (Wildman–Crippen LogP) is 10.6. The SMILES string of the molecule is [2H]C([2H])([2H])c1ccc2c(c1)oc1c(-c3n(-c4c(C(C)C)cc(-c5ccccc5)cc4C(C)C)c4ccccc4[n+]3C)c(C)ccc12. The van der Waals surface area contributed by atoms with E-state index in [0.29, 0.717) is 5.58 Å². The van der Waals surface area contributed by atoms with E-state index >= 15 is 0 Å². The van der Waals surface area contributed by atoms with Crippen molar-refractivity contribution in [3.05, 3.63) is 119 Å². The van der Waals surface area contributed by atoms with E-state index in [1.807, 2.05) is 6.07 Å². The number of fused-ring (bicyclic) bond motifs is 4. The van der Waals surface area contributed by atoms with Crippen LogP contribution < -0.4 is 4.57 Å². The van der Waals surface area contributed by atoms with Gasteiger partial charge in [0, 0.05) is 26.0 Å². The molecular formula is C40H39N2O+. The minimum absolute atomic E-state index is 0.261. The Balaban J connectivity index is 1.62. The van der Waals surface area contributed by atoms with Gasteiger partial charge in [-0.25, -0.2) is 4.57 Å². The van der Waals surface area contributed by atoms with Crippen LogP contribution in [0, 0.1) is 13.8 Å². The van der Waals surface area contributed by atoms with Crippen molar-refractivity contribution in [2.45, 2.75) is 53.3 Å². The first-order valence-electron chi connectivity index (χ1n) is 16.7. The van der Waals surface area contributed by atoms with Gasteiger partial charge in [-0.15, -0.1) is 0 Å². The van der Waals surface area contributed by atoms with Gasteiger partial charge in [0.2, 0.25) is 0 Å². The molecule has 0 unspecified atom stereocenters. The lowest BCUT2D eigenvalue weighted by molar-refractivity contribution is -0.633. The van der Waals surface area contributed by atoms with Crippen molar-refractivity contribution in [1.82, 2.24) is 4.57 Å². The largest absolute Gasteiger partial charge is 0.455 e. The van der Waals surface area contributed by atoms with Crippen molar-refractivity contribution < 1.29 is 13.1 Å². The summed E-state index contributed by atoms with van der Waals surface area (Å²) >= 11 is 0. The molecule has 43 heavy (non-hydrogen) atoms. The molecule has 0 atom stereocenters. The molecule has 3 nitrogen and oxygen atoms in total. The van der Waals surface area contributed by atoms with Crippen LogP contribution in [0.15, 0.2) is 101 Å². The monoisotopic (exact) mass is 566 g/mol. The zero-order valence-electron chi connectivity index (χ0n) is 28.7. The van der Waals surface area contributed by atoms with Crippen LogP contribution in [0.25, 0.3) is 61.2 Å². The molecule has 0 bridgehead atoms. The summed E-state index contributed by atoms with van der Waals surface area (Å²) in [5.41, 5.74) is 12.1. The van der Waals surface area contributed by atoms with E-state index in [2.05, 4.69) is 130 Å². The Hall–Kier alpha value is -4.63. The van der Waals surface area contributed by atoms with Crippen LogP contribution >= 0.6 is 0 Å². The molecule has 7 aromatic rings. The maximum Gasteiger partial charge on any atom is 0.299 e. The topological polar surface area (TPSA) is 21.9 Å². The van der Waals surface area contributed by atoms with Gasteiger partial charge in [-0.1, -0.05) is 94.4 Å². The van der Waals surface area contributed by atoms with E-state index in [-0.39, 0.29) is 17.4 Å². The third-order valence-electron chi connectivity index (χ3n) is 8.83. The molecule has 0 spiro atoms. The highest BCUT2D eigenvalue weighted by molar-refractivity contribution is 6.10. The van der Waals surface area contributed by atoms with Crippen LogP contribution in [0.2, 0.25) is 0 Å². The minimum Gasteiger partial charge on any atom is -0.455 e. The van der Waals surface area contributed by atoms with Crippen molar-refractivity contribution in [2.24, 2.45) is 7.05 Å². The summed E-state index contributed by atoms with van der Waals surface area (Å²) in [5.74, 6) is 1.55. The first-order chi connectivity index (χ1) is 22.0. The third-order valence-corrected chi connectivity index (χ3v) is 8.83. The van der Waals surface area contributed by atoms with Gasteiger partial charge in [-0.3, -0.25) is 0 Å². The number of hydrogen-bond acceptors (Lipinski definition) is 1. The standard InChI is InChI=1S/C40H39N2O/c1-24(2)32-22-29(28-13-9-8-10-14-28)23-33(25(3)4)38(32)42-35-16-12-11-15-34(35)41(7)40(42)37-27(6)18-20-31-30-19-17-26(5)21-36(30)43-39(31)37/h8-25H,1-7H3/q+1/i5D3. The summed E-state index contributed by atoms with van der Waals surface area (Å²) in [6, 6.07) is 33.4. The maximum absolute atomic E-state index is 7.97. The average molecular weight is 567 g/mol. The molecule has 0 amide bonds. The van der Waals surface area contributed by atoms with Gasteiger partial charge >= 0.3 is 0 Å². The second-order valence-electron chi connectivity index (χ2n) is 12.3. The Morgan fingerprint density at radius 3 is 2.12 bits per heavy atom. The number of benzene rings is 5. The van der Waals surface area contributed by atoms with Crippen molar-refractivity contribution in [3.63, 3.8) is 0 Å². The van der Waals surface area contributed by atoms with Crippen molar-refractivity contribution in [3.8, 4) is 28.2 Å². The van der Waals surface area contributed by atoms with Crippen LogP contribution in [0.4, 0.5) is 0 Å². The van der Waals surface area contributed by atoms with E-state index in [1.54, 1.807) is 12.1 Å². The highest BCUT2D eigenvalue weighted by atomic mass is 16.3. The van der Waals surface area contributed by atoms with Gasteiger partial charge in [-0.2, -0.15) is 4.57 Å². The predicted molar refractivity (Wildman–Crippen MR) is 180 cm³/mol. The molecule has 5 aromatic carbocycles. The lowest BCUT2D eigenvalue weighted by atomic mass is 9.88. The van der Waals surface area contributed by atoms with E-state index in [4.69, 9.17) is 8.53 Å². The molecule has 0 saturated heterocycles. The van der Waals surface area contributed by atoms with Crippen molar-refractivity contribution in [2.75, 3.05) is 0 Å². The van der Waals surface area contributed by atoms with Crippen LogP contribution in [-0.4, -0.2) is 4.57 Å². The van der Waals surface area contributed by atoms with Crippen LogP contribution in [0.5, 0.6) is 0 Å². The maximum atomic E-state index is 7.97. The number of aryl methyl sites for hydroxylation is 3. The molecule has 0 N–H and O–H groups in total. The fourth-order valence-corrected chi connectivity index (χ4v) is 6.65. The van der Waals surface area contributed by atoms with Crippen LogP contribution in [0.1, 0.15) is 65.9 Å². The van der Waals surface area contributed by atoms with Gasteiger partial charge in [0.25, 0.3) is 5.82 Å². The number of hydrogen-bond donors (Lipinski definition) is 0. The molecule has 3 heteroatoms. The summed E-state index contributed by atoms with van der Waals surface area (Å²) < 4.78 is 35.3. The zero-order chi connectivity index (χ0) is 32.5. The first kappa shape index (κ1) is 23.9. The molecule has 2 aromatic heterocycles. The molecule has 0 aliphatic carbocycles. The Morgan fingerprint density at radius 1 is 0.744 bits per heavy atom. The molecule has 0 radical (unpaired) electrons. The van der Waals surface area contributed by atoms with Crippen LogP contribution in [0.3, 0.4) is 0 Å². The van der Waals surface area contributed by atoms with Gasteiger partial charge in [0.15, 0.2) is 16.6 Å². The third kappa shape index (κ3) is 4.29. The Morgan fingerprint density at radius 2 is 1.42 bits per heavy atom. The van der Waals surface area contributed by atoms with Gasteiger partial charge in [-0.05, 0) is 78.2 Å². The molecule has 7 rings (SSSR count). The smallest absolute Gasteiger partial charge is 0.299 e. The Kier molecular flexibility index (Phi) is 5.70. The number of imidazole rings is 1. The lowest BCUT2D eigenvalue weighted by Crippen LogP contribution is -2.30.